The van der Waals surface area contributed by atoms with Crippen molar-refractivity contribution in [3.05, 3.63) is 59.7 Å². The maximum absolute atomic E-state index is 12.3. The van der Waals surface area contributed by atoms with Gasteiger partial charge < -0.3 is 9.47 Å². The lowest BCUT2D eigenvalue weighted by Crippen LogP contribution is -2.22. The molecule has 0 bridgehead atoms. The molecule has 7 heteroatoms. The van der Waals surface area contributed by atoms with E-state index in [1.807, 2.05) is 0 Å². The molecule has 0 fully saturated rings. The molecule has 0 aromatic heterocycles. The highest BCUT2D eigenvalue weighted by Crippen LogP contribution is 2.25. The molecule has 0 radical (unpaired) electrons. The second-order valence-electron chi connectivity index (χ2n) is 5.62. The Hall–Kier alpha value is -2.64. The minimum Gasteiger partial charge on any atom is -0.497 e. The van der Waals surface area contributed by atoms with E-state index in [0.29, 0.717) is 17.1 Å². The van der Waals surface area contributed by atoms with Crippen molar-refractivity contribution < 1.29 is 22.7 Å². The molecule has 0 aliphatic rings. The van der Waals surface area contributed by atoms with Crippen LogP contribution in [0.4, 0.5) is 0 Å². The van der Waals surface area contributed by atoms with Gasteiger partial charge in [0, 0.05) is 31.3 Å². The summed E-state index contributed by atoms with van der Waals surface area (Å²) in [7, 11) is 2.50. The minimum absolute atomic E-state index is 0.139. The highest BCUT2D eigenvalue weighted by Gasteiger charge is 2.17. The summed E-state index contributed by atoms with van der Waals surface area (Å²) in [6.45, 7) is 0. The summed E-state index contributed by atoms with van der Waals surface area (Å²) in [6, 6.07) is 11.1. The Labute approximate surface area is 153 Å². The average Bonchev–Trinajstić information content (AvgIpc) is 2.65. The van der Waals surface area contributed by atoms with E-state index in [9.17, 15) is 13.2 Å². The van der Waals surface area contributed by atoms with Crippen molar-refractivity contribution in [1.82, 2.24) is 4.31 Å². The number of ether oxygens (including phenoxy) is 2. The predicted octanol–water partition coefficient (Wildman–Crippen LogP) is 2.85. The molecule has 2 aromatic carbocycles. The molecule has 138 valence electrons. The van der Waals surface area contributed by atoms with Crippen LogP contribution < -0.4 is 9.47 Å². The molecule has 2 rings (SSSR count). The zero-order valence-corrected chi connectivity index (χ0v) is 15.9. The Morgan fingerprint density at radius 2 is 1.65 bits per heavy atom. The van der Waals surface area contributed by atoms with Gasteiger partial charge in [-0.3, -0.25) is 4.79 Å². The first-order valence-electron chi connectivity index (χ1n) is 7.76. The van der Waals surface area contributed by atoms with Crippen molar-refractivity contribution in [3.63, 3.8) is 0 Å². The summed E-state index contributed by atoms with van der Waals surface area (Å²) in [5.74, 6) is 1.00. The molecule has 0 unspecified atom stereocenters. The molecule has 0 atom stereocenters. The molecule has 0 spiro atoms. The molecule has 6 nitrogen and oxygen atoms in total. The topological polar surface area (TPSA) is 72.9 Å². The number of carbonyl (C=O) groups excluding carboxylic acids is 1. The van der Waals surface area contributed by atoms with Crippen LogP contribution in [0.5, 0.6) is 11.5 Å². The van der Waals surface area contributed by atoms with Crippen LogP contribution in [0.15, 0.2) is 53.4 Å². The summed E-state index contributed by atoms with van der Waals surface area (Å²) in [5.41, 5.74) is 1.12. The van der Waals surface area contributed by atoms with Gasteiger partial charge in [-0.2, -0.15) is 0 Å². The minimum atomic E-state index is -3.51. The normalized spacial score (nSPS) is 11.7. The summed E-state index contributed by atoms with van der Waals surface area (Å²) >= 11 is 0. The summed E-state index contributed by atoms with van der Waals surface area (Å²) in [6.07, 6.45) is 3.06. The Morgan fingerprint density at radius 3 is 2.19 bits per heavy atom. The Morgan fingerprint density at radius 1 is 1.00 bits per heavy atom. The number of methoxy groups -OCH3 is 2. The van der Waals surface area contributed by atoms with E-state index in [2.05, 4.69) is 0 Å². The largest absolute Gasteiger partial charge is 0.497 e. The van der Waals surface area contributed by atoms with Gasteiger partial charge in [-0.15, -0.1) is 0 Å². The summed E-state index contributed by atoms with van der Waals surface area (Å²) < 4.78 is 35.6. The van der Waals surface area contributed by atoms with Crippen LogP contribution in [0.1, 0.15) is 15.9 Å². The van der Waals surface area contributed by atoms with E-state index < -0.39 is 10.0 Å². The number of carbonyl (C=O) groups is 1. The zero-order valence-electron chi connectivity index (χ0n) is 15.1. The maximum atomic E-state index is 12.3. The lowest BCUT2D eigenvalue weighted by Gasteiger charge is -2.11. The SMILES string of the molecule is COc1ccc(/C=C/C(=O)c2ccc(S(=O)(=O)N(C)C)cc2)c(OC)c1. The predicted molar refractivity (Wildman–Crippen MR) is 100 cm³/mol. The first-order chi connectivity index (χ1) is 12.3. The molecule has 0 amide bonds. The molecule has 2 aromatic rings. The van der Waals surface area contributed by atoms with Gasteiger partial charge in [0.05, 0.1) is 19.1 Å². The van der Waals surface area contributed by atoms with Crippen molar-refractivity contribution in [2.45, 2.75) is 4.90 Å². The van der Waals surface area contributed by atoms with E-state index in [4.69, 9.17) is 9.47 Å². The quantitative estimate of drug-likeness (QED) is 0.550. The third-order valence-electron chi connectivity index (χ3n) is 3.77. The van der Waals surface area contributed by atoms with Crippen LogP contribution in [-0.4, -0.2) is 46.8 Å². The third kappa shape index (κ3) is 4.30. The van der Waals surface area contributed by atoms with Gasteiger partial charge in [0.2, 0.25) is 10.0 Å². The second kappa shape index (κ2) is 8.16. The Bertz CT molecular complexity index is 915. The standard InChI is InChI=1S/C19H21NO5S/c1-20(2)26(22,23)17-10-6-14(7-11-17)18(21)12-8-15-5-9-16(24-3)13-19(15)25-4/h5-13H,1-4H3/b12-8+. The van der Waals surface area contributed by atoms with Crippen LogP contribution >= 0.6 is 0 Å². The molecule has 0 saturated heterocycles. The van der Waals surface area contributed by atoms with Gasteiger partial charge in [0.1, 0.15) is 11.5 Å². The van der Waals surface area contributed by atoms with E-state index in [0.717, 1.165) is 9.87 Å². The van der Waals surface area contributed by atoms with Crippen LogP contribution in [-0.2, 0) is 10.0 Å². The first kappa shape index (κ1) is 19.7. The molecule has 0 N–H and O–H groups in total. The van der Waals surface area contributed by atoms with E-state index in [1.165, 1.54) is 51.5 Å². The van der Waals surface area contributed by atoms with Crippen LogP contribution in [0.3, 0.4) is 0 Å². The maximum Gasteiger partial charge on any atom is 0.242 e. The van der Waals surface area contributed by atoms with Crippen molar-refractivity contribution in [3.8, 4) is 11.5 Å². The van der Waals surface area contributed by atoms with Crippen LogP contribution in [0.25, 0.3) is 6.08 Å². The number of sulfonamides is 1. The second-order valence-corrected chi connectivity index (χ2v) is 7.77. The van der Waals surface area contributed by atoms with Crippen molar-refractivity contribution in [1.29, 1.82) is 0 Å². The molecule has 0 aliphatic carbocycles. The first-order valence-corrected chi connectivity index (χ1v) is 9.20. The summed E-state index contributed by atoms with van der Waals surface area (Å²) in [5, 5.41) is 0. The van der Waals surface area contributed by atoms with Gasteiger partial charge in [-0.1, -0.05) is 0 Å². The fourth-order valence-corrected chi connectivity index (χ4v) is 3.12. The number of benzene rings is 2. The number of hydrogen-bond donors (Lipinski definition) is 0. The highest BCUT2D eigenvalue weighted by molar-refractivity contribution is 7.89. The van der Waals surface area contributed by atoms with E-state index >= 15 is 0 Å². The lowest BCUT2D eigenvalue weighted by molar-refractivity contribution is 0.104. The van der Waals surface area contributed by atoms with Crippen molar-refractivity contribution in [2.24, 2.45) is 0 Å². The van der Waals surface area contributed by atoms with Crippen molar-refractivity contribution in [2.75, 3.05) is 28.3 Å². The smallest absolute Gasteiger partial charge is 0.242 e. The zero-order chi connectivity index (χ0) is 19.3. The monoisotopic (exact) mass is 375 g/mol. The Balaban J connectivity index is 2.21. The third-order valence-corrected chi connectivity index (χ3v) is 5.60. The highest BCUT2D eigenvalue weighted by atomic mass is 32.2. The number of ketones is 1. The summed E-state index contributed by atoms with van der Waals surface area (Å²) in [4.78, 5) is 12.5. The molecule has 26 heavy (non-hydrogen) atoms. The average molecular weight is 375 g/mol. The van der Waals surface area contributed by atoms with Gasteiger partial charge in [0.15, 0.2) is 5.78 Å². The fourth-order valence-electron chi connectivity index (χ4n) is 2.22. The van der Waals surface area contributed by atoms with Gasteiger partial charge >= 0.3 is 0 Å². The van der Waals surface area contributed by atoms with Crippen LogP contribution in [0, 0.1) is 0 Å². The molecule has 0 saturated carbocycles. The van der Waals surface area contributed by atoms with Crippen molar-refractivity contribution >= 4 is 21.9 Å². The van der Waals surface area contributed by atoms with E-state index in [-0.39, 0.29) is 10.7 Å². The number of rotatable bonds is 7. The molecular weight excluding hydrogens is 354 g/mol. The van der Waals surface area contributed by atoms with Gasteiger partial charge in [-0.25, -0.2) is 12.7 Å². The number of nitrogens with zero attached hydrogens (tertiary/aromatic N) is 1. The molecule has 0 aliphatic heterocycles. The number of allylic oxidation sites excluding steroid dienone is 1. The molecule has 0 heterocycles. The van der Waals surface area contributed by atoms with Gasteiger partial charge in [-0.05, 0) is 48.6 Å². The number of hydrogen-bond acceptors (Lipinski definition) is 5. The fraction of sp³-hybridized carbons (Fsp3) is 0.211. The Kier molecular flexibility index (Phi) is 6.18. The molecular formula is C19H21NO5S. The van der Waals surface area contributed by atoms with Crippen LogP contribution in [0.2, 0.25) is 0 Å². The van der Waals surface area contributed by atoms with Gasteiger partial charge in [0.25, 0.3) is 0 Å². The van der Waals surface area contributed by atoms with E-state index in [1.54, 1.807) is 31.4 Å². The lowest BCUT2D eigenvalue weighted by atomic mass is 10.1.